The van der Waals surface area contributed by atoms with Gasteiger partial charge in [-0.1, -0.05) is 135 Å². The minimum Gasteiger partial charge on any atom is -0.313 e. The van der Waals surface area contributed by atoms with Crippen LogP contribution in [0.3, 0.4) is 0 Å². The molecule has 3 heterocycles. The predicted molar refractivity (Wildman–Crippen MR) is 214 cm³/mol. The molecular weight excluding hydrogens is 583 g/mol. The van der Waals surface area contributed by atoms with E-state index >= 15 is 0 Å². The summed E-state index contributed by atoms with van der Waals surface area (Å²) < 4.78 is 0. The SMILES string of the molecule is CC(C)(C)C.CC(C)(C)C1=CC2=C(CC1)CNCC2.CC1(C)NCCc2ccccc21.CCC.CCc1ccc2c(c1)CCN(C)C2C. The van der Waals surface area contributed by atoms with Gasteiger partial charge in [0.1, 0.15) is 0 Å². The van der Waals surface area contributed by atoms with Gasteiger partial charge in [0.05, 0.1) is 0 Å². The molecule has 3 nitrogen and oxygen atoms in total. The lowest BCUT2D eigenvalue weighted by atomic mass is 9.77. The van der Waals surface area contributed by atoms with E-state index in [1.54, 1.807) is 22.3 Å². The van der Waals surface area contributed by atoms with Crippen molar-refractivity contribution >= 4 is 0 Å². The molecule has 3 heteroatoms. The van der Waals surface area contributed by atoms with Crippen LogP contribution in [0.4, 0.5) is 0 Å². The normalized spacial score (nSPS) is 19.9. The summed E-state index contributed by atoms with van der Waals surface area (Å²) in [5.74, 6) is 0. The molecule has 1 aliphatic carbocycles. The Balaban J connectivity index is 0.000000226. The Morgan fingerprint density at radius 2 is 1.46 bits per heavy atom. The molecule has 0 saturated heterocycles. The minimum absolute atomic E-state index is 0.162. The van der Waals surface area contributed by atoms with E-state index in [1.165, 1.54) is 67.3 Å². The summed E-state index contributed by atoms with van der Waals surface area (Å²) in [6.07, 6.45) is 11.0. The quantitative estimate of drug-likeness (QED) is 0.320. The second kappa shape index (κ2) is 19.3. The number of rotatable bonds is 1. The summed E-state index contributed by atoms with van der Waals surface area (Å²) in [4.78, 5) is 2.42. The molecule has 0 bridgehead atoms. The smallest absolute Gasteiger partial charge is 0.0380 e. The maximum atomic E-state index is 3.51. The highest BCUT2D eigenvalue weighted by Crippen LogP contribution is 2.37. The average molecular weight is 658 g/mol. The van der Waals surface area contributed by atoms with E-state index in [0.29, 0.717) is 16.9 Å². The predicted octanol–water partition coefficient (Wildman–Crippen LogP) is 11.4. The number of likely N-dealkylation sites (N-methyl/N-ethyl adjacent to an activating group) is 1. The fourth-order valence-corrected chi connectivity index (χ4v) is 6.52. The van der Waals surface area contributed by atoms with Gasteiger partial charge in [0.25, 0.3) is 0 Å². The molecule has 6 rings (SSSR count). The molecule has 4 aliphatic rings. The van der Waals surface area contributed by atoms with Crippen LogP contribution in [0.1, 0.15) is 150 Å². The molecular formula is C45H75N3. The standard InChI is InChI=1S/C13H21N.C13H19N.C11H15N.C5H12.C3H8/c1-13(2,3)12-5-4-11-9-14-7-6-10(11)8-12;1-4-11-5-6-13-10(2)14(3)8-7-12(13)9-11;1-11(2)10-6-4-3-5-9(10)7-8-12-11;1-5(2,3)4;1-3-2/h8,14H,4-7,9H2,1-3H3;5-6,9-10H,4,7-8H2,1-3H3;3-6,12H,7-8H2,1-2H3;1-4H3;3H2,1-2H3. The van der Waals surface area contributed by atoms with Crippen molar-refractivity contribution in [2.24, 2.45) is 10.8 Å². The Kier molecular flexibility index (Phi) is 16.8. The zero-order chi connectivity index (χ0) is 36.1. The van der Waals surface area contributed by atoms with Crippen molar-refractivity contribution in [1.82, 2.24) is 15.5 Å². The molecule has 0 amide bonds. The van der Waals surface area contributed by atoms with E-state index in [0.717, 1.165) is 26.1 Å². The van der Waals surface area contributed by atoms with Gasteiger partial charge in [0.15, 0.2) is 0 Å². The second-order valence-corrected chi connectivity index (χ2v) is 17.4. The topological polar surface area (TPSA) is 27.3 Å². The average Bonchev–Trinajstić information content (AvgIpc) is 3.02. The summed E-state index contributed by atoms with van der Waals surface area (Å²) in [5, 5.41) is 6.96. The molecule has 0 radical (unpaired) electrons. The first-order valence-electron chi connectivity index (χ1n) is 19.2. The van der Waals surface area contributed by atoms with E-state index in [-0.39, 0.29) is 5.54 Å². The molecule has 2 N–H and O–H groups in total. The van der Waals surface area contributed by atoms with Gasteiger partial charge in [-0.15, -0.1) is 0 Å². The summed E-state index contributed by atoms with van der Waals surface area (Å²) in [5.41, 5.74) is 13.5. The highest BCUT2D eigenvalue weighted by molar-refractivity contribution is 5.38. The number of benzene rings is 2. The maximum Gasteiger partial charge on any atom is 0.0380 e. The Morgan fingerprint density at radius 1 is 0.812 bits per heavy atom. The van der Waals surface area contributed by atoms with Gasteiger partial charge in [-0.2, -0.15) is 0 Å². The monoisotopic (exact) mass is 658 g/mol. The number of nitrogens with zero attached hydrogens (tertiary/aromatic N) is 1. The van der Waals surface area contributed by atoms with E-state index in [4.69, 9.17) is 0 Å². The third-order valence-corrected chi connectivity index (χ3v) is 9.48. The highest BCUT2D eigenvalue weighted by atomic mass is 15.1. The van der Waals surface area contributed by atoms with Crippen LogP contribution in [0.15, 0.2) is 65.3 Å². The van der Waals surface area contributed by atoms with E-state index in [1.807, 2.05) is 0 Å². The highest BCUT2D eigenvalue weighted by Gasteiger charge is 2.26. The number of allylic oxidation sites excluding steroid dienone is 2. The van der Waals surface area contributed by atoms with E-state index in [9.17, 15) is 0 Å². The summed E-state index contributed by atoms with van der Waals surface area (Å²) in [6, 6.07) is 16.3. The lowest BCUT2D eigenvalue weighted by molar-refractivity contribution is 0.247. The van der Waals surface area contributed by atoms with Gasteiger partial charge in [-0.3, -0.25) is 4.90 Å². The lowest BCUT2D eigenvalue weighted by Gasteiger charge is -2.33. The van der Waals surface area contributed by atoms with Crippen molar-refractivity contribution in [3.63, 3.8) is 0 Å². The fourth-order valence-electron chi connectivity index (χ4n) is 6.52. The van der Waals surface area contributed by atoms with Crippen molar-refractivity contribution in [2.45, 2.75) is 147 Å². The van der Waals surface area contributed by atoms with Gasteiger partial charge >= 0.3 is 0 Å². The molecule has 3 aliphatic heterocycles. The van der Waals surface area contributed by atoms with Crippen LogP contribution in [-0.4, -0.2) is 38.1 Å². The van der Waals surface area contributed by atoms with Crippen molar-refractivity contribution in [2.75, 3.05) is 33.2 Å². The summed E-state index contributed by atoms with van der Waals surface area (Å²) >= 11 is 0. The van der Waals surface area contributed by atoms with Gasteiger partial charge < -0.3 is 10.6 Å². The molecule has 2 aromatic rings. The number of fused-ring (bicyclic) bond motifs is 2. The molecule has 1 unspecified atom stereocenters. The summed E-state index contributed by atoms with van der Waals surface area (Å²) in [7, 11) is 2.21. The Hall–Kier alpha value is -2.20. The van der Waals surface area contributed by atoms with Crippen LogP contribution in [0, 0.1) is 10.8 Å². The third-order valence-electron chi connectivity index (χ3n) is 9.48. The van der Waals surface area contributed by atoms with Crippen molar-refractivity contribution in [3.05, 3.63) is 93.1 Å². The number of nitrogens with one attached hydrogen (secondary N) is 2. The van der Waals surface area contributed by atoms with E-state index < -0.39 is 0 Å². The van der Waals surface area contributed by atoms with Crippen LogP contribution in [-0.2, 0) is 24.8 Å². The first kappa shape index (κ1) is 42.0. The molecule has 0 saturated carbocycles. The van der Waals surface area contributed by atoms with Crippen LogP contribution < -0.4 is 10.6 Å². The molecule has 0 spiro atoms. The van der Waals surface area contributed by atoms with Crippen LogP contribution in [0.2, 0.25) is 0 Å². The molecule has 2 aromatic carbocycles. The molecule has 270 valence electrons. The Labute approximate surface area is 298 Å². The van der Waals surface area contributed by atoms with Gasteiger partial charge in [0, 0.05) is 24.7 Å². The first-order valence-corrected chi connectivity index (χ1v) is 19.2. The zero-order valence-electron chi connectivity index (χ0n) is 33.9. The number of hydrogen-bond acceptors (Lipinski definition) is 3. The van der Waals surface area contributed by atoms with E-state index in [2.05, 4.69) is 161 Å². The van der Waals surface area contributed by atoms with Crippen LogP contribution >= 0.6 is 0 Å². The molecule has 0 aromatic heterocycles. The lowest BCUT2D eigenvalue weighted by Crippen LogP contribution is -2.42. The van der Waals surface area contributed by atoms with Crippen molar-refractivity contribution in [3.8, 4) is 0 Å². The van der Waals surface area contributed by atoms with Gasteiger partial charge in [-0.25, -0.2) is 0 Å². The van der Waals surface area contributed by atoms with Crippen molar-refractivity contribution < 1.29 is 0 Å². The zero-order valence-corrected chi connectivity index (χ0v) is 33.9. The molecule has 1 atom stereocenters. The third kappa shape index (κ3) is 14.0. The Morgan fingerprint density at radius 3 is 2.06 bits per heavy atom. The second-order valence-electron chi connectivity index (χ2n) is 17.4. The van der Waals surface area contributed by atoms with Gasteiger partial charge in [0.2, 0.25) is 0 Å². The summed E-state index contributed by atoms with van der Waals surface area (Å²) in [6.45, 7) is 33.6. The van der Waals surface area contributed by atoms with Crippen LogP contribution in [0.25, 0.3) is 0 Å². The maximum absolute atomic E-state index is 3.51. The number of aryl methyl sites for hydroxylation is 1. The largest absolute Gasteiger partial charge is 0.313 e. The Bertz CT molecular complexity index is 1310. The van der Waals surface area contributed by atoms with Crippen molar-refractivity contribution in [1.29, 1.82) is 0 Å². The molecule has 48 heavy (non-hydrogen) atoms. The first-order chi connectivity index (χ1) is 22.4. The van der Waals surface area contributed by atoms with Gasteiger partial charge in [-0.05, 0) is 124 Å². The fraction of sp³-hybridized carbons (Fsp3) is 0.644. The number of hydrogen-bond donors (Lipinski definition) is 2. The minimum atomic E-state index is 0.162. The van der Waals surface area contributed by atoms with Crippen LogP contribution in [0.5, 0.6) is 0 Å². The molecule has 0 fully saturated rings.